The van der Waals surface area contributed by atoms with Gasteiger partial charge in [-0.25, -0.2) is 0 Å². The Morgan fingerprint density at radius 3 is 2.42 bits per heavy atom. The Labute approximate surface area is 121 Å². The van der Waals surface area contributed by atoms with E-state index in [9.17, 15) is 0 Å². The van der Waals surface area contributed by atoms with Gasteiger partial charge >= 0.3 is 0 Å². The summed E-state index contributed by atoms with van der Waals surface area (Å²) >= 11 is 5.99. The van der Waals surface area contributed by atoms with Crippen LogP contribution in [0.1, 0.15) is 38.2 Å². The third kappa shape index (κ3) is 3.50. The molecule has 106 valence electrons. The Kier molecular flexibility index (Phi) is 5.26. The van der Waals surface area contributed by atoms with Crippen molar-refractivity contribution in [2.24, 2.45) is 5.92 Å². The van der Waals surface area contributed by atoms with Gasteiger partial charge in [0.05, 0.1) is 5.60 Å². The maximum absolute atomic E-state index is 5.99. The van der Waals surface area contributed by atoms with E-state index >= 15 is 0 Å². The summed E-state index contributed by atoms with van der Waals surface area (Å²) in [5, 5.41) is 4.21. The minimum absolute atomic E-state index is 0.160. The number of halogens is 1. The fourth-order valence-electron chi connectivity index (χ4n) is 3.12. The van der Waals surface area contributed by atoms with Crippen molar-refractivity contribution in [3.63, 3.8) is 0 Å². The van der Waals surface area contributed by atoms with Crippen molar-refractivity contribution < 1.29 is 4.74 Å². The molecule has 0 aliphatic carbocycles. The van der Waals surface area contributed by atoms with Crippen LogP contribution in [-0.2, 0) is 10.3 Å². The molecule has 1 saturated heterocycles. The molecule has 0 amide bonds. The largest absolute Gasteiger partial charge is 0.374 e. The zero-order chi connectivity index (χ0) is 13.7. The van der Waals surface area contributed by atoms with Crippen LogP contribution in [0.5, 0.6) is 0 Å². The number of piperidine rings is 1. The van der Waals surface area contributed by atoms with E-state index in [1.54, 1.807) is 0 Å². The highest BCUT2D eigenvalue weighted by molar-refractivity contribution is 6.30. The lowest BCUT2D eigenvalue weighted by molar-refractivity contribution is -0.0411. The molecule has 1 atom stereocenters. The molecule has 2 nitrogen and oxygen atoms in total. The molecule has 1 heterocycles. The topological polar surface area (TPSA) is 21.3 Å². The first-order valence-corrected chi connectivity index (χ1v) is 7.60. The van der Waals surface area contributed by atoms with Gasteiger partial charge in [-0.15, -0.1) is 0 Å². The van der Waals surface area contributed by atoms with Gasteiger partial charge in [0.25, 0.3) is 0 Å². The minimum atomic E-state index is -0.160. The summed E-state index contributed by atoms with van der Waals surface area (Å²) in [4.78, 5) is 0. The molecule has 0 aromatic heterocycles. The van der Waals surface area contributed by atoms with Gasteiger partial charge in [-0.1, -0.05) is 30.7 Å². The molecule has 0 saturated carbocycles. The van der Waals surface area contributed by atoms with E-state index in [2.05, 4.69) is 24.4 Å². The molecule has 0 radical (unpaired) electrons. The molecule has 19 heavy (non-hydrogen) atoms. The Hall–Kier alpha value is -0.570. The van der Waals surface area contributed by atoms with Gasteiger partial charge in [0.15, 0.2) is 0 Å². The Morgan fingerprint density at radius 2 is 1.89 bits per heavy atom. The molecule has 0 unspecified atom stereocenters. The van der Waals surface area contributed by atoms with Crippen LogP contribution < -0.4 is 5.32 Å². The van der Waals surface area contributed by atoms with E-state index in [0.717, 1.165) is 36.9 Å². The van der Waals surface area contributed by atoms with E-state index in [0.29, 0.717) is 0 Å². The van der Waals surface area contributed by atoms with Gasteiger partial charge in [-0.3, -0.25) is 0 Å². The molecular weight excluding hydrogens is 258 g/mol. The third-order valence-electron chi connectivity index (χ3n) is 4.41. The van der Waals surface area contributed by atoms with E-state index in [4.69, 9.17) is 16.3 Å². The van der Waals surface area contributed by atoms with E-state index < -0.39 is 0 Å². The molecule has 2 rings (SSSR count). The molecule has 1 aliphatic rings. The van der Waals surface area contributed by atoms with Crippen LogP contribution in [0, 0.1) is 5.92 Å². The zero-order valence-corrected chi connectivity index (χ0v) is 12.7. The zero-order valence-electron chi connectivity index (χ0n) is 11.9. The van der Waals surface area contributed by atoms with Crippen LogP contribution in [0.15, 0.2) is 24.3 Å². The fraction of sp³-hybridized carbons (Fsp3) is 0.625. The number of hydrogen-bond donors (Lipinski definition) is 1. The van der Waals surface area contributed by atoms with Crippen LogP contribution >= 0.6 is 11.6 Å². The van der Waals surface area contributed by atoms with Gasteiger partial charge in [-0.2, -0.15) is 0 Å². The predicted molar refractivity (Wildman–Crippen MR) is 80.6 cm³/mol. The van der Waals surface area contributed by atoms with Crippen molar-refractivity contribution in [3.8, 4) is 0 Å². The van der Waals surface area contributed by atoms with E-state index in [1.165, 1.54) is 18.4 Å². The second-order valence-corrected chi connectivity index (χ2v) is 5.89. The SMILES string of the molecule is CC[C@@](CC1CCNCC1)(OC)c1ccc(Cl)cc1. The minimum Gasteiger partial charge on any atom is -0.374 e. The standard InChI is InChI=1S/C16H24ClNO/c1-3-16(19-2,12-13-8-10-18-11-9-13)14-4-6-15(17)7-5-14/h4-7,13,18H,3,8-12H2,1-2H3/t16-/m0/s1. The number of hydrogen-bond acceptors (Lipinski definition) is 2. The molecular formula is C16H24ClNO. The first-order chi connectivity index (χ1) is 9.20. The maximum atomic E-state index is 5.99. The second kappa shape index (κ2) is 6.74. The van der Waals surface area contributed by atoms with Crippen molar-refractivity contribution >= 4 is 11.6 Å². The highest BCUT2D eigenvalue weighted by Crippen LogP contribution is 2.38. The van der Waals surface area contributed by atoms with Gasteiger partial charge in [0.1, 0.15) is 0 Å². The fourth-order valence-corrected chi connectivity index (χ4v) is 3.24. The van der Waals surface area contributed by atoms with Crippen molar-refractivity contribution in [2.75, 3.05) is 20.2 Å². The number of nitrogens with one attached hydrogen (secondary N) is 1. The lowest BCUT2D eigenvalue weighted by atomic mass is 9.79. The normalized spacial score (nSPS) is 20.2. The van der Waals surface area contributed by atoms with Crippen LogP contribution in [0.4, 0.5) is 0 Å². The van der Waals surface area contributed by atoms with Crippen LogP contribution in [-0.4, -0.2) is 20.2 Å². The summed E-state index contributed by atoms with van der Waals surface area (Å²) in [6.07, 6.45) is 4.59. The predicted octanol–water partition coefficient (Wildman–Crippen LogP) is 3.98. The van der Waals surface area contributed by atoms with E-state index in [1.807, 2.05) is 19.2 Å². The smallest absolute Gasteiger partial charge is 0.0927 e. The van der Waals surface area contributed by atoms with E-state index in [-0.39, 0.29) is 5.60 Å². The first-order valence-electron chi connectivity index (χ1n) is 7.22. The molecule has 3 heteroatoms. The highest BCUT2D eigenvalue weighted by atomic mass is 35.5. The lowest BCUT2D eigenvalue weighted by Crippen LogP contribution is -2.35. The summed E-state index contributed by atoms with van der Waals surface area (Å²) in [6, 6.07) is 8.14. The molecule has 1 aromatic carbocycles. The Bertz CT molecular complexity index is 380. The van der Waals surface area contributed by atoms with Crippen molar-refractivity contribution in [2.45, 2.75) is 38.2 Å². The van der Waals surface area contributed by atoms with Crippen molar-refractivity contribution in [1.29, 1.82) is 0 Å². The number of ether oxygens (including phenoxy) is 1. The maximum Gasteiger partial charge on any atom is 0.0927 e. The third-order valence-corrected chi connectivity index (χ3v) is 4.66. The first kappa shape index (κ1) is 14.8. The quantitative estimate of drug-likeness (QED) is 0.881. The second-order valence-electron chi connectivity index (χ2n) is 5.46. The van der Waals surface area contributed by atoms with Gasteiger partial charge in [-0.05, 0) is 62.4 Å². The van der Waals surface area contributed by atoms with Gasteiger partial charge < -0.3 is 10.1 Å². The molecule has 1 N–H and O–H groups in total. The van der Waals surface area contributed by atoms with Crippen LogP contribution in [0.2, 0.25) is 5.02 Å². The summed E-state index contributed by atoms with van der Waals surface area (Å²) in [5.74, 6) is 0.747. The van der Waals surface area contributed by atoms with Crippen molar-refractivity contribution in [1.82, 2.24) is 5.32 Å². The van der Waals surface area contributed by atoms with Crippen LogP contribution in [0.3, 0.4) is 0 Å². The molecule has 0 bridgehead atoms. The van der Waals surface area contributed by atoms with Gasteiger partial charge in [0, 0.05) is 12.1 Å². The molecule has 1 aromatic rings. The lowest BCUT2D eigenvalue weighted by Gasteiger charge is -2.37. The average molecular weight is 282 g/mol. The monoisotopic (exact) mass is 281 g/mol. The van der Waals surface area contributed by atoms with Crippen molar-refractivity contribution in [3.05, 3.63) is 34.9 Å². The Balaban J connectivity index is 2.18. The molecule has 0 spiro atoms. The summed E-state index contributed by atoms with van der Waals surface area (Å²) in [5.41, 5.74) is 1.09. The van der Waals surface area contributed by atoms with Gasteiger partial charge in [0.2, 0.25) is 0 Å². The van der Waals surface area contributed by atoms with Crippen LogP contribution in [0.25, 0.3) is 0 Å². The molecule has 1 fully saturated rings. The number of benzene rings is 1. The molecule has 1 aliphatic heterocycles. The highest BCUT2D eigenvalue weighted by Gasteiger charge is 2.33. The summed E-state index contributed by atoms with van der Waals surface area (Å²) in [7, 11) is 1.83. The Morgan fingerprint density at radius 1 is 1.26 bits per heavy atom. The summed E-state index contributed by atoms with van der Waals surface area (Å²) in [6.45, 7) is 4.47. The average Bonchev–Trinajstić information content (AvgIpc) is 2.47. The number of rotatable bonds is 5. The number of methoxy groups -OCH3 is 1. The summed E-state index contributed by atoms with van der Waals surface area (Å²) < 4.78 is 5.95.